The second kappa shape index (κ2) is 4.66. The molecule has 0 amide bonds. The molecular weight excluding hydrogens is 260 g/mol. The molecule has 2 aromatic rings. The molecule has 1 aliphatic carbocycles. The fraction of sp³-hybridized carbons (Fsp3) is 0.263. The SMILES string of the molecule is CC1(C)C([C]=O)C1([C]=O)c1cccc(-c2ccccc2)c1. The molecule has 1 fully saturated rings. The Hall–Kier alpha value is -2.22. The number of rotatable bonds is 4. The van der Waals surface area contributed by atoms with E-state index in [4.69, 9.17) is 0 Å². The first kappa shape index (κ1) is 13.7. The summed E-state index contributed by atoms with van der Waals surface area (Å²) in [5, 5.41) is 0. The Morgan fingerprint density at radius 3 is 2.14 bits per heavy atom. The first-order chi connectivity index (χ1) is 10.1. The van der Waals surface area contributed by atoms with E-state index in [1.54, 1.807) is 0 Å². The molecule has 1 saturated carbocycles. The largest absolute Gasteiger partial charge is 0.290 e. The van der Waals surface area contributed by atoms with Gasteiger partial charge in [-0.15, -0.1) is 0 Å². The van der Waals surface area contributed by atoms with Gasteiger partial charge in [0, 0.05) is 5.92 Å². The maximum absolute atomic E-state index is 11.6. The van der Waals surface area contributed by atoms with E-state index in [2.05, 4.69) is 6.29 Å². The van der Waals surface area contributed by atoms with E-state index < -0.39 is 16.7 Å². The second-order valence-corrected chi connectivity index (χ2v) is 6.13. The Kier molecular flexibility index (Phi) is 3.05. The molecule has 0 bridgehead atoms. The Morgan fingerprint density at radius 1 is 0.905 bits per heavy atom. The van der Waals surface area contributed by atoms with Crippen molar-refractivity contribution in [1.82, 2.24) is 0 Å². The van der Waals surface area contributed by atoms with Crippen LogP contribution in [0.5, 0.6) is 0 Å². The maximum atomic E-state index is 11.6. The Bertz CT molecular complexity index is 688. The lowest BCUT2D eigenvalue weighted by atomic mass is 9.87. The molecule has 21 heavy (non-hydrogen) atoms. The molecule has 0 saturated heterocycles. The summed E-state index contributed by atoms with van der Waals surface area (Å²) in [7, 11) is 0. The van der Waals surface area contributed by atoms with Gasteiger partial charge in [0.25, 0.3) is 0 Å². The van der Waals surface area contributed by atoms with Gasteiger partial charge in [0.2, 0.25) is 12.6 Å². The van der Waals surface area contributed by atoms with E-state index >= 15 is 0 Å². The van der Waals surface area contributed by atoms with E-state index in [-0.39, 0.29) is 0 Å². The van der Waals surface area contributed by atoms with E-state index in [1.165, 1.54) is 0 Å². The van der Waals surface area contributed by atoms with E-state index in [0.29, 0.717) is 0 Å². The number of carbonyl (C=O) groups excluding carboxylic acids is 2. The van der Waals surface area contributed by atoms with Crippen molar-refractivity contribution in [2.45, 2.75) is 19.3 Å². The highest BCUT2D eigenvalue weighted by Gasteiger charge is 2.73. The lowest BCUT2D eigenvalue weighted by Crippen LogP contribution is -2.17. The minimum Gasteiger partial charge on any atom is -0.290 e. The zero-order valence-corrected chi connectivity index (χ0v) is 12.1. The van der Waals surface area contributed by atoms with Crippen molar-refractivity contribution < 1.29 is 9.59 Å². The van der Waals surface area contributed by atoms with Crippen LogP contribution in [0.25, 0.3) is 11.1 Å². The van der Waals surface area contributed by atoms with Crippen molar-refractivity contribution in [2.24, 2.45) is 11.3 Å². The van der Waals surface area contributed by atoms with Gasteiger partial charge in [-0.3, -0.25) is 9.59 Å². The topological polar surface area (TPSA) is 34.1 Å². The van der Waals surface area contributed by atoms with Crippen molar-refractivity contribution in [2.75, 3.05) is 0 Å². The number of benzene rings is 2. The van der Waals surface area contributed by atoms with Gasteiger partial charge in [0.1, 0.15) is 0 Å². The monoisotopic (exact) mass is 276 g/mol. The van der Waals surface area contributed by atoms with Crippen LogP contribution in [0.4, 0.5) is 0 Å². The fourth-order valence-electron chi connectivity index (χ4n) is 3.36. The summed E-state index contributed by atoms with van der Waals surface area (Å²) in [5.74, 6) is -0.423. The molecule has 0 heterocycles. The Balaban J connectivity index is 2.09. The third-order valence-corrected chi connectivity index (χ3v) is 4.79. The number of hydrogen-bond acceptors (Lipinski definition) is 2. The summed E-state index contributed by atoms with van der Waals surface area (Å²) in [6.45, 7) is 3.84. The summed E-state index contributed by atoms with van der Waals surface area (Å²) in [6.07, 6.45) is 4.14. The van der Waals surface area contributed by atoms with Crippen LogP contribution >= 0.6 is 0 Å². The average molecular weight is 276 g/mol. The molecule has 0 spiro atoms. The summed E-state index contributed by atoms with van der Waals surface area (Å²) in [6, 6.07) is 17.8. The number of hydrogen-bond donors (Lipinski definition) is 0. The third-order valence-electron chi connectivity index (χ3n) is 4.79. The summed E-state index contributed by atoms with van der Waals surface area (Å²) >= 11 is 0. The first-order valence-electron chi connectivity index (χ1n) is 7.01. The van der Waals surface area contributed by atoms with Crippen LogP contribution in [0, 0.1) is 11.3 Å². The molecule has 0 aromatic heterocycles. The van der Waals surface area contributed by atoms with Crippen LogP contribution < -0.4 is 0 Å². The van der Waals surface area contributed by atoms with Gasteiger partial charge in [0.05, 0.1) is 5.41 Å². The molecule has 0 N–H and O–H groups in total. The van der Waals surface area contributed by atoms with Crippen LogP contribution in [-0.2, 0) is 15.0 Å². The lowest BCUT2D eigenvalue weighted by Gasteiger charge is -2.14. The standard InChI is InChI=1S/C19H16O2/c1-18(2)17(12-20)19(18,13-21)16-10-6-9-15(11-16)14-7-4-3-5-8-14/h3-11,17H,1-2H3. The van der Waals surface area contributed by atoms with Gasteiger partial charge in [-0.2, -0.15) is 0 Å². The van der Waals surface area contributed by atoms with Crippen LogP contribution in [0.2, 0.25) is 0 Å². The molecule has 3 rings (SSSR count). The second-order valence-electron chi connectivity index (χ2n) is 6.13. The smallest absolute Gasteiger partial charge is 0.211 e. The predicted octanol–water partition coefficient (Wildman–Crippen LogP) is 3.47. The van der Waals surface area contributed by atoms with Crippen LogP contribution in [0.15, 0.2) is 54.6 Å². The molecule has 2 atom stereocenters. The fourth-order valence-corrected chi connectivity index (χ4v) is 3.36. The van der Waals surface area contributed by atoms with Gasteiger partial charge < -0.3 is 0 Å². The van der Waals surface area contributed by atoms with Gasteiger partial charge >= 0.3 is 0 Å². The first-order valence-corrected chi connectivity index (χ1v) is 7.01. The van der Waals surface area contributed by atoms with Crippen molar-refractivity contribution in [1.29, 1.82) is 0 Å². The van der Waals surface area contributed by atoms with Crippen molar-refractivity contribution in [3.63, 3.8) is 0 Å². The van der Waals surface area contributed by atoms with Gasteiger partial charge in [-0.25, -0.2) is 0 Å². The van der Waals surface area contributed by atoms with Crippen molar-refractivity contribution >= 4 is 12.6 Å². The molecule has 2 radical (unpaired) electrons. The molecule has 2 aromatic carbocycles. The van der Waals surface area contributed by atoms with Crippen LogP contribution in [0.3, 0.4) is 0 Å². The highest BCUT2D eigenvalue weighted by atomic mass is 16.1. The van der Waals surface area contributed by atoms with E-state index in [0.717, 1.165) is 16.7 Å². The molecule has 104 valence electrons. The highest BCUT2D eigenvalue weighted by Crippen LogP contribution is 2.67. The normalized spacial score (nSPS) is 26.1. The lowest BCUT2D eigenvalue weighted by molar-refractivity contribution is 0.506. The zero-order valence-electron chi connectivity index (χ0n) is 12.1. The van der Waals surface area contributed by atoms with E-state index in [9.17, 15) is 9.59 Å². The minimum absolute atomic E-state index is 0.423. The minimum atomic E-state index is -0.862. The summed E-state index contributed by atoms with van der Waals surface area (Å²) in [5.41, 5.74) is 1.68. The molecular formula is C19H16O2. The zero-order chi connectivity index (χ0) is 15.1. The van der Waals surface area contributed by atoms with Crippen molar-refractivity contribution in [3.8, 4) is 11.1 Å². The van der Waals surface area contributed by atoms with Gasteiger partial charge in [0.15, 0.2) is 0 Å². The van der Waals surface area contributed by atoms with Gasteiger partial charge in [-0.05, 0) is 22.1 Å². The Morgan fingerprint density at radius 2 is 1.57 bits per heavy atom. The predicted molar refractivity (Wildman–Crippen MR) is 82.2 cm³/mol. The van der Waals surface area contributed by atoms with Crippen LogP contribution in [0.1, 0.15) is 19.4 Å². The quantitative estimate of drug-likeness (QED) is 0.857. The van der Waals surface area contributed by atoms with Crippen molar-refractivity contribution in [3.05, 3.63) is 60.2 Å². The summed E-state index contributed by atoms with van der Waals surface area (Å²) in [4.78, 5) is 22.8. The maximum Gasteiger partial charge on any atom is 0.211 e. The highest BCUT2D eigenvalue weighted by molar-refractivity contribution is 5.88. The van der Waals surface area contributed by atoms with Gasteiger partial charge in [-0.1, -0.05) is 68.4 Å². The third kappa shape index (κ3) is 1.79. The average Bonchev–Trinajstić information content (AvgIpc) is 3.03. The van der Waals surface area contributed by atoms with E-state index in [1.807, 2.05) is 74.7 Å². The molecule has 0 aliphatic heterocycles. The Labute approximate surface area is 124 Å². The molecule has 2 nitrogen and oxygen atoms in total. The molecule has 2 heteroatoms. The summed E-state index contributed by atoms with van der Waals surface area (Å²) < 4.78 is 0. The van der Waals surface area contributed by atoms with Crippen LogP contribution in [-0.4, -0.2) is 12.6 Å². The molecule has 2 unspecified atom stereocenters. The molecule has 1 aliphatic rings.